The summed E-state index contributed by atoms with van der Waals surface area (Å²) in [5.41, 5.74) is 2.29. The molecule has 5 heteroatoms. The maximum absolute atomic E-state index is 11.5. The van der Waals surface area contributed by atoms with Gasteiger partial charge >= 0.3 is 0 Å². The minimum absolute atomic E-state index is 0.0213. The Morgan fingerprint density at radius 2 is 2.17 bits per heavy atom. The van der Waals surface area contributed by atoms with Crippen LogP contribution in [0.15, 0.2) is 30.4 Å². The standard InChI is InChI=1S/C24H35NO4/c1-3-4-5-10-17(26)13-14-18-20(27)15-21-23(18)19-11-6-8-16(24(19)29-21)9-7-12-22(28)25-2/h6,8,11,13-14,17-18,20-21,23,26-27H,3-5,7,9-10,12,15H2,1-2H3,(H,25,28)/t17-,18-,20+,21-,23-/m0/s1. The second-order valence-electron chi connectivity index (χ2n) is 8.37. The third kappa shape index (κ3) is 5.20. The van der Waals surface area contributed by atoms with Crippen molar-refractivity contribution in [2.45, 2.75) is 82.5 Å². The van der Waals surface area contributed by atoms with Crippen LogP contribution < -0.4 is 10.1 Å². The van der Waals surface area contributed by atoms with Gasteiger partial charge in [0.05, 0.1) is 12.2 Å². The van der Waals surface area contributed by atoms with Crippen molar-refractivity contribution in [1.29, 1.82) is 0 Å². The Morgan fingerprint density at radius 3 is 2.93 bits per heavy atom. The zero-order chi connectivity index (χ0) is 20.8. The molecule has 5 nitrogen and oxygen atoms in total. The van der Waals surface area contributed by atoms with E-state index in [0.29, 0.717) is 12.8 Å². The van der Waals surface area contributed by atoms with E-state index in [1.165, 1.54) is 0 Å². The summed E-state index contributed by atoms with van der Waals surface area (Å²) in [6.45, 7) is 2.15. The maximum Gasteiger partial charge on any atom is 0.219 e. The molecule has 0 aromatic heterocycles. The van der Waals surface area contributed by atoms with Gasteiger partial charge in [-0.2, -0.15) is 0 Å². The zero-order valence-electron chi connectivity index (χ0n) is 17.6. The molecule has 1 aliphatic carbocycles. The number of hydrogen-bond acceptors (Lipinski definition) is 4. The number of aryl methyl sites for hydroxylation is 1. The van der Waals surface area contributed by atoms with Crippen molar-refractivity contribution in [3.05, 3.63) is 41.5 Å². The molecule has 0 bridgehead atoms. The zero-order valence-corrected chi connectivity index (χ0v) is 17.6. The fraction of sp³-hybridized carbons (Fsp3) is 0.625. The lowest BCUT2D eigenvalue weighted by atomic mass is 9.86. The smallest absolute Gasteiger partial charge is 0.219 e. The van der Waals surface area contributed by atoms with Crippen molar-refractivity contribution in [2.24, 2.45) is 5.92 Å². The molecule has 0 spiro atoms. The highest BCUT2D eigenvalue weighted by atomic mass is 16.5. The minimum Gasteiger partial charge on any atom is -0.489 e. The van der Waals surface area contributed by atoms with Crippen LogP contribution in [0.25, 0.3) is 0 Å². The largest absolute Gasteiger partial charge is 0.489 e. The SMILES string of the molecule is CCCCC[C@H](O)C=C[C@@H]1[C@H]2c3cccc(CCCC(=O)NC)c3O[C@H]2C[C@H]1O. The van der Waals surface area contributed by atoms with E-state index >= 15 is 0 Å². The van der Waals surface area contributed by atoms with Gasteiger partial charge in [0.2, 0.25) is 5.91 Å². The van der Waals surface area contributed by atoms with Gasteiger partial charge in [-0.05, 0) is 24.8 Å². The van der Waals surface area contributed by atoms with E-state index < -0.39 is 12.2 Å². The molecule has 5 atom stereocenters. The van der Waals surface area contributed by atoms with Crippen LogP contribution in [0.2, 0.25) is 0 Å². The number of rotatable bonds is 10. The molecule has 0 saturated heterocycles. The fourth-order valence-electron chi connectivity index (χ4n) is 4.69. The molecular weight excluding hydrogens is 366 g/mol. The molecule has 1 saturated carbocycles. The Morgan fingerprint density at radius 1 is 1.34 bits per heavy atom. The lowest BCUT2D eigenvalue weighted by Gasteiger charge is -2.18. The summed E-state index contributed by atoms with van der Waals surface area (Å²) in [4.78, 5) is 11.5. The second-order valence-corrected chi connectivity index (χ2v) is 8.37. The minimum atomic E-state index is -0.453. The molecule has 1 aromatic carbocycles. The van der Waals surface area contributed by atoms with E-state index in [0.717, 1.165) is 55.4 Å². The molecule has 2 aliphatic rings. The number of benzene rings is 1. The lowest BCUT2D eigenvalue weighted by molar-refractivity contribution is -0.120. The first-order chi connectivity index (χ1) is 14.0. The maximum atomic E-state index is 11.5. The number of amides is 1. The molecule has 3 N–H and O–H groups in total. The van der Waals surface area contributed by atoms with Crippen LogP contribution in [-0.4, -0.2) is 41.5 Å². The Kier molecular flexibility index (Phi) is 7.73. The number of unbranched alkanes of at least 4 members (excludes halogenated alkanes) is 2. The van der Waals surface area contributed by atoms with E-state index in [1.807, 2.05) is 18.2 Å². The van der Waals surface area contributed by atoms with Crippen LogP contribution in [0.3, 0.4) is 0 Å². The normalized spacial score (nSPS) is 26.2. The van der Waals surface area contributed by atoms with Gasteiger partial charge in [0, 0.05) is 37.3 Å². The molecule has 1 amide bonds. The Bertz CT molecular complexity index is 717. The van der Waals surface area contributed by atoms with Crippen LogP contribution in [0.4, 0.5) is 0 Å². The van der Waals surface area contributed by atoms with Crippen LogP contribution in [-0.2, 0) is 11.2 Å². The van der Waals surface area contributed by atoms with Crippen molar-refractivity contribution < 1.29 is 19.7 Å². The van der Waals surface area contributed by atoms with Crippen molar-refractivity contribution in [1.82, 2.24) is 5.32 Å². The quantitative estimate of drug-likeness (QED) is 0.414. The molecule has 1 aromatic rings. The van der Waals surface area contributed by atoms with Gasteiger partial charge in [-0.1, -0.05) is 56.5 Å². The van der Waals surface area contributed by atoms with E-state index in [4.69, 9.17) is 4.74 Å². The van der Waals surface area contributed by atoms with Crippen LogP contribution >= 0.6 is 0 Å². The molecule has 160 valence electrons. The second kappa shape index (κ2) is 10.3. The van der Waals surface area contributed by atoms with Gasteiger partial charge in [-0.25, -0.2) is 0 Å². The molecule has 0 unspecified atom stereocenters. The summed E-state index contributed by atoms with van der Waals surface area (Å²) in [6.07, 6.45) is 9.69. The van der Waals surface area contributed by atoms with Crippen molar-refractivity contribution in [2.75, 3.05) is 7.05 Å². The summed E-state index contributed by atoms with van der Waals surface area (Å²) in [5, 5.41) is 23.5. The highest BCUT2D eigenvalue weighted by molar-refractivity contribution is 5.75. The Balaban J connectivity index is 1.68. The summed E-state index contributed by atoms with van der Waals surface area (Å²) in [5.74, 6) is 1.08. The van der Waals surface area contributed by atoms with E-state index in [9.17, 15) is 15.0 Å². The van der Waals surface area contributed by atoms with Gasteiger partial charge in [0.25, 0.3) is 0 Å². The Labute approximate surface area is 174 Å². The molecule has 1 fully saturated rings. The number of para-hydroxylation sites is 1. The van der Waals surface area contributed by atoms with E-state index in [2.05, 4.69) is 24.4 Å². The first kappa shape index (κ1) is 21.8. The van der Waals surface area contributed by atoms with Gasteiger partial charge in [0.1, 0.15) is 11.9 Å². The molecule has 0 radical (unpaired) electrons. The van der Waals surface area contributed by atoms with Crippen LogP contribution in [0.5, 0.6) is 5.75 Å². The first-order valence-electron chi connectivity index (χ1n) is 11.1. The number of carbonyl (C=O) groups excluding carboxylic acids is 1. The average molecular weight is 402 g/mol. The van der Waals surface area contributed by atoms with Crippen LogP contribution in [0, 0.1) is 5.92 Å². The summed E-state index contributed by atoms with van der Waals surface area (Å²) >= 11 is 0. The average Bonchev–Trinajstić information content (AvgIpc) is 3.21. The third-order valence-electron chi connectivity index (χ3n) is 6.28. The fourth-order valence-corrected chi connectivity index (χ4v) is 4.69. The monoisotopic (exact) mass is 401 g/mol. The van der Waals surface area contributed by atoms with Gasteiger partial charge in [-0.15, -0.1) is 0 Å². The third-order valence-corrected chi connectivity index (χ3v) is 6.28. The highest BCUT2D eigenvalue weighted by Crippen LogP contribution is 2.52. The van der Waals surface area contributed by atoms with Gasteiger partial charge < -0.3 is 20.3 Å². The van der Waals surface area contributed by atoms with Crippen LogP contribution in [0.1, 0.15) is 68.9 Å². The van der Waals surface area contributed by atoms with Gasteiger partial charge in [-0.3, -0.25) is 4.79 Å². The highest BCUT2D eigenvalue weighted by Gasteiger charge is 2.48. The number of hydrogen-bond donors (Lipinski definition) is 3. The van der Waals surface area contributed by atoms with Crippen molar-refractivity contribution in [3.63, 3.8) is 0 Å². The number of nitrogens with one attached hydrogen (secondary N) is 1. The Hall–Kier alpha value is -1.85. The first-order valence-corrected chi connectivity index (χ1v) is 11.1. The molecule has 1 heterocycles. The van der Waals surface area contributed by atoms with Crippen molar-refractivity contribution in [3.8, 4) is 5.75 Å². The number of carbonyl (C=O) groups is 1. The summed E-state index contributed by atoms with van der Waals surface area (Å²) < 4.78 is 6.28. The topological polar surface area (TPSA) is 78.8 Å². The lowest BCUT2D eigenvalue weighted by Crippen LogP contribution is -2.17. The number of ether oxygens (including phenoxy) is 1. The summed E-state index contributed by atoms with van der Waals surface area (Å²) in [7, 11) is 1.66. The molecule has 29 heavy (non-hydrogen) atoms. The number of aliphatic hydroxyl groups excluding tert-OH is 2. The predicted octanol–water partition coefficient (Wildman–Crippen LogP) is 3.48. The van der Waals surface area contributed by atoms with Gasteiger partial charge in [0.15, 0.2) is 0 Å². The summed E-state index contributed by atoms with van der Waals surface area (Å²) in [6, 6.07) is 6.21. The number of aliphatic hydroxyl groups is 2. The molecular formula is C24H35NO4. The van der Waals surface area contributed by atoms with E-state index in [-0.39, 0.29) is 23.8 Å². The molecule has 1 aliphatic heterocycles. The molecule has 3 rings (SSSR count). The predicted molar refractivity (Wildman–Crippen MR) is 114 cm³/mol. The van der Waals surface area contributed by atoms with Crippen molar-refractivity contribution >= 4 is 5.91 Å². The van der Waals surface area contributed by atoms with E-state index in [1.54, 1.807) is 7.05 Å². The number of fused-ring (bicyclic) bond motifs is 3.